The van der Waals surface area contributed by atoms with Crippen molar-refractivity contribution in [3.8, 4) is 40.1 Å². The van der Waals surface area contributed by atoms with Gasteiger partial charge in [-0.25, -0.2) is 0 Å². The lowest BCUT2D eigenvalue weighted by Crippen LogP contribution is -2.17. The van der Waals surface area contributed by atoms with Crippen molar-refractivity contribution in [3.63, 3.8) is 0 Å². The van der Waals surface area contributed by atoms with Crippen molar-refractivity contribution in [2.75, 3.05) is 9.80 Å². The molecular weight excluding hydrogens is 775 g/mol. The van der Waals surface area contributed by atoms with Gasteiger partial charge in [-0.1, -0.05) is 109 Å². The predicted octanol–water partition coefficient (Wildman–Crippen LogP) is 15.3. The Bertz CT molecular complexity index is 3200. The summed E-state index contributed by atoms with van der Waals surface area (Å²) in [5, 5.41) is 21.9. The van der Waals surface area contributed by atoms with Gasteiger partial charge in [-0.3, -0.25) is 0 Å². The molecule has 10 aromatic rings. The molecule has 0 aliphatic carbocycles. The highest BCUT2D eigenvalue weighted by Gasteiger charge is 2.27. The van der Waals surface area contributed by atoms with Gasteiger partial charge in [0.05, 0.1) is 62.7 Å². The molecule has 6 heteroatoms. The first-order valence-corrected chi connectivity index (χ1v) is 21.3. The van der Waals surface area contributed by atoms with Crippen LogP contribution < -0.4 is 9.80 Å². The summed E-state index contributed by atoms with van der Waals surface area (Å²) >= 11 is 1.79. The van der Waals surface area contributed by atoms with Crippen LogP contribution in [0.25, 0.3) is 49.7 Å². The molecule has 1 aliphatic rings. The van der Waals surface area contributed by atoms with Crippen molar-refractivity contribution in [2.45, 2.75) is 9.79 Å². The van der Waals surface area contributed by atoms with E-state index in [1.165, 1.54) is 20.9 Å². The molecule has 0 saturated carbocycles. The Morgan fingerprint density at radius 1 is 0.387 bits per heavy atom. The number of hydrogen-bond donors (Lipinski definition) is 0. The number of benzene rings is 9. The maximum atomic E-state index is 9.77. The van der Waals surface area contributed by atoms with E-state index < -0.39 is 0 Å². The van der Waals surface area contributed by atoms with Crippen LogP contribution in [0.1, 0.15) is 11.1 Å². The first kappa shape index (κ1) is 36.8. The lowest BCUT2D eigenvalue weighted by molar-refractivity contribution is 1.13. The second-order valence-corrected chi connectivity index (χ2v) is 16.3. The number of hydrogen-bond acceptors (Lipinski definition) is 5. The average Bonchev–Trinajstić information content (AvgIpc) is 3.67. The van der Waals surface area contributed by atoms with Gasteiger partial charge in [-0.2, -0.15) is 10.5 Å². The Morgan fingerprint density at radius 2 is 0.839 bits per heavy atom. The Balaban J connectivity index is 1.22. The third-order valence-corrected chi connectivity index (χ3v) is 12.7. The van der Waals surface area contributed by atoms with Gasteiger partial charge in [-0.15, -0.1) is 0 Å². The van der Waals surface area contributed by atoms with Gasteiger partial charge in [-0.05, 0) is 138 Å². The highest BCUT2D eigenvalue weighted by Crippen LogP contribution is 2.53. The van der Waals surface area contributed by atoms with E-state index in [-0.39, 0.29) is 0 Å². The molecular formula is C56H35N5S. The number of nitriles is 2. The van der Waals surface area contributed by atoms with Gasteiger partial charge >= 0.3 is 0 Å². The standard InChI is InChI=1S/C56H35N5S/c57-36-38-19-25-44(26-20-38)59(45-27-21-39(37-58)22-28-45)46-33-47(35-48(34-46)61-53-15-7-9-17-55(53)62-56-18-10-8-16-54(56)61)60-51-29-23-42(40-11-3-1-4-12-40)31-49(51)50-32-43(24-30-52(50)60)41-13-5-2-6-14-41/h1-35H. The summed E-state index contributed by atoms with van der Waals surface area (Å²) in [6.45, 7) is 0. The first-order chi connectivity index (χ1) is 30.6. The second-order valence-electron chi connectivity index (χ2n) is 15.3. The zero-order valence-corrected chi connectivity index (χ0v) is 34.2. The van der Waals surface area contributed by atoms with Gasteiger partial charge < -0.3 is 14.4 Å². The number of rotatable bonds is 7. The molecule has 62 heavy (non-hydrogen) atoms. The Labute approximate surface area is 364 Å². The van der Waals surface area contributed by atoms with Crippen LogP contribution in [0, 0.1) is 22.7 Å². The molecule has 2 heterocycles. The van der Waals surface area contributed by atoms with Crippen LogP contribution in [0.5, 0.6) is 0 Å². The minimum Gasteiger partial charge on any atom is -0.310 e. The molecule has 0 bridgehead atoms. The molecule has 0 unspecified atom stereocenters. The van der Waals surface area contributed by atoms with Gasteiger partial charge in [0.25, 0.3) is 0 Å². The summed E-state index contributed by atoms with van der Waals surface area (Å²) in [7, 11) is 0. The smallest absolute Gasteiger partial charge is 0.0991 e. The van der Waals surface area contributed by atoms with Crippen molar-refractivity contribution < 1.29 is 0 Å². The van der Waals surface area contributed by atoms with Crippen LogP contribution in [0.4, 0.5) is 34.1 Å². The molecule has 11 rings (SSSR count). The maximum Gasteiger partial charge on any atom is 0.0991 e. The number of para-hydroxylation sites is 2. The Hall–Kier alpha value is -8.29. The first-order valence-electron chi connectivity index (χ1n) is 20.4. The summed E-state index contributed by atoms with van der Waals surface area (Å²) in [5.74, 6) is 0. The largest absolute Gasteiger partial charge is 0.310 e. The quantitative estimate of drug-likeness (QED) is 0.160. The summed E-state index contributed by atoms with van der Waals surface area (Å²) < 4.78 is 2.40. The highest BCUT2D eigenvalue weighted by atomic mass is 32.2. The van der Waals surface area contributed by atoms with Gasteiger partial charge in [0.15, 0.2) is 0 Å². The summed E-state index contributed by atoms with van der Waals surface area (Å²) in [6, 6.07) is 78.7. The molecule has 0 atom stereocenters. The zero-order valence-electron chi connectivity index (χ0n) is 33.4. The van der Waals surface area contributed by atoms with Crippen LogP contribution in [-0.2, 0) is 0 Å². The van der Waals surface area contributed by atoms with Gasteiger partial charge in [0, 0.05) is 31.9 Å². The molecule has 0 radical (unpaired) electrons. The van der Waals surface area contributed by atoms with E-state index in [1.807, 2.05) is 48.5 Å². The maximum absolute atomic E-state index is 9.77. The van der Waals surface area contributed by atoms with Gasteiger partial charge in [0.2, 0.25) is 0 Å². The molecule has 0 spiro atoms. The Morgan fingerprint density at radius 3 is 1.32 bits per heavy atom. The van der Waals surface area contributed by atoms with E-state index in [9.17, 15) is 10.5 Å². The van der Waals surface area contributed by atoms with E-state index in [4.69, 9.17) is 0 Å². The fourth-order valence-electron chi connectivity index (χ4n) is 8.69. The summed E-state index contributed by atoms with van der Waals surface area (Å²) in [5.41, 5.74) is 14.8. The fourth-order valence-corrected chi connectivity index (χ4v) is 9.75. The van der Waals surface area contributed by atoms with E-state index in [0.29, 0.717) is 11.1 Å². The van der Waals surface area contributed by atoms with Crippen LogP contribution in [-0.4, -0.2) is 4.57 Å². The van der Waals surface area contributed by atoms with Crippen LogP contribution >= 0.6 is 11.8 Å². The van der Waals surface area contributed by atoms with E-state index in [1.54, 1.807) is 11.8 Å². The third kappa shape index (κ3) is 6.44. The minimum atomic E-state index is 0.581. The summed E-state index contributed by atoms with van der Waals surface area (Å²) in [6.07, 6.45) is 0. The Kier molecular flexibility index (Phi) is 9.12. The third-order valence-electron chi connectivity index (χ3n) is 11.6. The molecule has 0 saturated heterocycles. The van der Waals surface area contributed by atoms with Crippen LogP contribution in [0.2, 0.25) is 0 Å². The van der Waals surface area contributed by atoms with Crippen molar-refractivity contribution in [1.29, 1.82) is 10.5 Å². The number of fused-ring (bicyclic) bond motifs is 5. The monoisotopic (exact) mass is 809 g/mol. The number of nitrogens with zero attached hydrogens (tertiary/aromatic N) is 5. The van der Waals surface area contributed by atoms with Crippen molar-refractivity contribution >= 4 is 67.7 Å². The lowest BCUT2D eigenvalue weighted by atomic mass is 10.0. The molecule has 0 fully saturated rings. The number of anilines is 6. The van der Waals surface area contributed by atoms with Crippen molar-refractivity contribution in [3.05, 3.63) is 223 Å². The SMILES string of the molecule is N#Cc1ccc(N(c2ccc(C#N)cc2)c2cc(N3c4ccccc4Sc4ccccc43)cc(-n3c4ccc(-c5ccccc5)cc4c4cc(-c5ccccc5)ccc43)c2)cc1. The normalized spacial score (nSPS) is 11.7. The van der Waals surface area contributed by atoms with Crippen LogP contribution in [0.3, 0.4) is 0 Å². The molecule has 1 aliphatic heterocycles. The molecule has 9 aromatic carbocycles. The van der Waals surface area contributed by atoms with E-state index >= 15 is 0 Å². The molecule has 290 valence electrons. The van der Waals surface area contributed by atoms with Gasteiger partial charge in [0.1, 0.15) is 0 Å². The zero-order chi connectivity index (χ0) is 41.6. The molecule has 1 aromatic heterocycles. The van der Waals surface area contributed by atoms with Crippen LogP contribution in [0.15, 0.2) is 222 Å². The number of aromatic nitrogens is 1. The fraction of sp³-hybridized carbons (Fsp3) is 0. The average molecular weight is 810 g/mol. The molecule has 0 amide bonds. The predicted molar refractivity (Wildman–Crippen MR) is 255 cm³/mol. The van der Waals surface area contributed by atoms with E-state index in [0.717, 1.165) is 72.7 Å². The lowest BCUT2D eigenvalue weighted by Gasteiger charge is -2.34. The molecule has 0 N–H and O–H groups in total. The van der Waals surface area contributed by atoms with Crippen molar-refractivity contribution in [2.24, 2.45) is 0 Å². The molecule has 5 nitrogen and oxygen atoms in total. The minimum absolute atomic E-state index is 0.581. The van der Waals surface area contributed by atoms with Crippen molar-refractivity contribution in [1.82, 2.24) is 4.57 Å². The topological polar surface area (TPSA) is 59.0 Å². The highest BCUT2D eigenvalue weighted by molar-refractivity contribution is 7.99. The van der Waals surface area contributed by atoms with E-state index in [2.05, 4.69) is 190 Å². The second kappa shape index (κ2) is 15.4. The summed E-state index contributed by atoms with van der Waals surface area (Å²) in [4.78, 5) is 6.93.